The summed E-state index contributed by atoms with van der Waals surface area (Å²) in [5.74, 6) is -7.27. The molecule has 13 atom stereocenters. The van der Waals surface area contributed by atoms with E-state index in [-0.39, 0.29) is 49.1 Å². The Morgan fingerprint density at radius 3 is 2.36 bits per heavy atom. The Morgan fingerprint density at radius 2 is 1.62 bits per heavy atom. The molecular weight excluding hydrogens is 742 g/mol. The Morgan fingerprint density at radius 1 is 0.836 bits per heavy atom. The first-order valence-electron chi connectivity index (χ1n) is 20.3. The molecule has 55 heavy (non-hydrogen) atoms. The van der Waals surface area contributed by atoms with Gasteiger partial charge in [-0.1, -0.05) is 20.3 Å². The summed E-state index contributed by atoms with van der Waals surface area (Å²) in [6.45, 7) is 6.31. The van der Waals surface area contributed by atoms with Gasteiger partial charge in [0.1, 0.15) is 0 Å². The summed E-state index contributed by atoms with van der Waals surface area (Å²) in [6, 6.07) is -0.0102. The van der Waals surface area contributed by atoms with E-state index in [0.29, 0.717) is 64.5 Å². The maximum atomic E-state index is 15.2. The van der Waals surface area contributed by atoms with Gasteiger partial charge >= 0.3 is 12.4 Å². The number of piperidine rings is 1. The highest BCUT2D eigenvalue weighted by atomic mass is 19.4. The van der Waals surface area contributed by atoms with Crippen LogP contribution >= 0.6 is 0 Å². The minimum Gasteiger partial charge on any atom is -0.456 e. The molecule has 312 valence electrons. The number of halogens is 6. The highest BCUT2D eigenvalue weighted by Crippen LogP contribution is 2.64. The lowest BCUT2D eigenvalue weighted by atomic mass is 9.59. The molecule has 2 aliphatic carbocycles. The van der Waals surface area contributed by atoms with E-state index in [1.165, 1.54) is 6.92 Å². The van der Waals surface area contributed by atoms with Crippen LogP contribution in [0.3, 0.4) is 0 Å². The first-order valence-corrected chi connectivity index (χ1v) is 20.3. The Labute approximate surface area is 317 Å². The molecule has 8 saturated heterocycles. The largest absolute Gasteiger partial charge is 0.456 e. The molecule has 0 aromatic heterocycles. The standard InChI is InChI=1S/C38H54F6N2O9/c1-21-8-9-28-25(30(37(39,40)41)49-31-35(28)26(21)10-11-29(48-31)52-54-35)20-46-16-13-24(14-17-46)45(4)18-19-47-36(38(42,43)44)22(2)27-7-5-6-23-12-15-33(3)50-32(51-36)34(23,27)55-53-33/h21-24,26-29,31-32H,5-20H2,1-4H3/t21-,22-,23-,26+,27+,28+,29?,31+,32+,33?,34-,35-,36-/m1/s1. The molecular formula is C38H54F6N2O9. The smallest absolute Gasteiger partial charge is 0.449 e. The minimum absolute atomic E-state index is 0.0102. The van der Waals surface area contributed by atoms with Gasteiger partial charge in [-0.25, -0.2) is 19.6 Å². The van der Waals surface area contributed by atoms with Crippen molar-refractivity contribution in [3.05, 3.63) is 11.3 Å². The first kappa shape index (κ1) is 39.2. The summed E-state index contributed by atoms with van der Waals surface area (Å²) in [4.78, 5) is 27.4. The summed E-state index contributed by atoms with van der Waals surface area (Å²) in [5.41, 5.74) is -2.12. The third-order valence-corrected chi connectivity index (χ3v) is 15.1. The molecule has 11 aliphatic rings. The van der Waals surface area contributed by atoms with Crippen LogP contribution in [-0.4, -0.2) is 110 Å². The average molecular weight is 797 g/mol. The van der Waals surface area contributed by atoms with Crippen molar-refractivity contribution in [2.24, 2.45) is 35.5 Å². The molecule has 10 fully saturated rings. The van der Waals surface area contributed by atoms with Gasteiger partial charge in [0.05, 0.1) is 6.61 Å². The molecule has 0 N–H and O–H groups in total. The zero-order valence-corrected chi connectivity index (χ0v) is 31.9. The fraction of sp³-hybridized carbons (Fsp3) is 0.947. The molecule has 0 aromatic carbocycles. The van der Waals surface area contributed by atoms with Gasteiger partial charge in [-0.2, -0.15) is 26.3 Å². The van der Waals surface area contributed by atoms with Crippen LogP contribution in [0.25, 0.3) is 0 Å². The van der Waals surface area contributed by atoms with E-state index in [2.05, 4.69) is 6.92 Å². The van der Waals surface area contributed by atoms with Crippen LogP contribution in [-0.2, 0) is 43.2 Å². The van der Waals surface area contributed by atoms with E-state index in [1.54, 1.807) is 6.92 Å². The quantitative estimate of drug-likeness (QED) is 0.198. The summed E-state index contributed by atoms with van der Waals surface area (Å²) < 4.78 is 119. The maximum Gasteiger partial charge on any atom is 0.449 e. The van der Waals surface area contributed by atoms with Crippen LogP contribution in [0.15, 0.2) is 11.3 Å². The molecule has 9 heterocycles. The summed E-state index contributed by atoms with van der Waals surface area (Å²) in [6.07, 6.45) is -5.85. The minimum atomic E-state index is -4.86. The topological polar surface area (TPSA) is 89.6 Å². The number of likely N-dealkylation sites (N-methyl/N-ethyl adjacent to an activating group) is 1. The van der Waals surface area contributed by atoms with Crippen molar-refractivity contribution in [2.75, 3.05) is 39.8 Å². The Hall–Kier alpha value is -1.28. The predicted molar refractivity (Wildman–Crippen MR) is 178 cm³/mol. The molecule has 0 radical (unpaired) electrons. The van der Waals surface area contributed by atoms with E-state index in [9.17, 15) is 13.2 Å². The molecule has 0 amide bonds. The van der Waals surface area contributed by atoms with Crippen molar-refractivity contribution < 1.29 is 69.6 Å². The second-order valence-corrected chi connectivity index (χ2v) is 18.0. The van der Waals surface area contributed by atoms with Crippen molar-refractivity contribution in [3.63, 3.8) is 0 Å². The molecule has 17 heteroatoms. The summed E-state index contributed by atoms with van der Waals surface area (Å²) in [7, 11) is 1.84. The summed E-state index contributed by atoms with van der Waals surface area (Å²) in [5, 5.41) is 0. The van der Waals surface area contributed by atoms with Crippen LogP contribution in [0, 0.1) is 35.5 Å². The lowest BCUT2D eigenvalue weighted by molar-refractivity contribution is -0.597. The third-order valence-electron chi connectivity index (χ3n) is 15.1. The van der Waals surface area contributed by atoms with Crippen LogP contribution in [0.4, 0.5) is 26.3 Å². The monoisotopic (exact) mass is 796 g/mol. The predicted octanol–water partition coefficient (Wildman–Crippen LogP) is 6.97. The van der Waals surface area contributed by atoms with Gasteiger partial charge in [-0.3, -0.25) is 4.90 Å². The average Bonchev–Trinajstić information content (AvgIpc) is 3.54. The van der Waals surface area contributed by atoms with Crippen LogP contribution in [0.5, 0.6) is 0 Å². The fourth-order valence-corrected chi connectivity index (χ4v) is 12.2. The molecule has 0 aromatic rings. The second-order valence-electron chi connectivity index (χ2n) is 18.0. The number of alkyl halides is 6. The fourth-order valence-electron chi connectivity index (χ4n) is 12.2. The molecule has 9 aliphatic heterocycles. The molecule has 2 spiro atoms. The van der Waals surface area contributed by atoms with E-state index in [4.69, 9.17) is 43.2 Å². The Balaban J connectivity index is 0.863. The van der Waals surface area contributed by atoms with Crippen LogP contribution < -0.4 is 0 Å². The van der Waals surface area contributed by atoms with Crippen molar-refractivity contribution in [1.29, 1.82) is 0 Å². The SMILES string of the molecule is C[C@@H]1CC[C@H]2C(CN3CCC(N(C)CCO[C@@]4(C(F)(F)F)O[C@@H]5OC6(C)CC[C@H]7CCC[C@@H]([C@H]4C)[C@]75OO6)CC3)=C(C(F)(F)F)O[C@@H]3OC4CC[C@@H]1[C@]32OO4. The highest BCUT2D eigenvalue weighted by molar-refractivity contribution is 5.29. The van der Waals surface area contributed by atoms with Crippen LogP contribution in [0.1, 0.15) is 91.4 Å². The van der Waals surface area contributed by atoms with E-state index in [1.807, 2.05) is 16.8 Å². The molecule has 11 nitrogen and oxygen atoms in total. The maximum absolute atomic E-state index is 15.2. The number of fused-ring (bicyclic) bond motifs is 4. The normalized spacial score (nSPS) is 47.6. The number of hydrogen-bond donors (Lipinski definition) is 0. The molecule has 2 unspecified atom stereocenters. The van der Waals surface area contributed by atoms with E-state index >= 15 is 13.2 Å². The number of nitrogens with zero attached hydrogens (tertiary/aromatic N) is 2. The molecule has 4 bridgehead atoms. The Kier molecular flexibility index (Phi) is 9.71. The molecule has 11 rings (SSSR count). The van der Waals surface area contributed by atoms with Crippen molar-refractivity contribution in [3.8, 4) is 0 Å². The lowest BCUT2D eigenvalue weighted by Gasteiger charge is -2.62. The van der Waals surface area contributed by atoms with E-state index in [0.717, 1.165) is 19.3 Å². The van der Waals surface area contributed by atoms with Crippen LogP contribution in [0.2, 0.25) is 0 Å². The van der Waals surface area contributed by atoms with Gasteiger partial charge in [-0.05, 0) is 95.8 Å². The van der Waals surface area contributed by atoms with Gasteiger partial charge in [0, 0.05) is 55.6 Å². The van der Waals surface area contributed by atoms with Gasteiger partial charge < -0.3 is 28.6 Å². The van der Waals surface area contributed by atoms with Gasteiger partial charge in [0.25, 0.3) is 5.79 Å². The van der Waals surface area contributed by atoms with Crippen molar-refractivity contribution in [1.82, 2.24) is 9.80 Å². The third kappa shape index (κ3) is 6.05. The zero-order valence-electron chi connectivity index (χ0n) is 31.9. The highest BCUT2D eigenvalue weighted by Gasteiger charge is 2.77. The number of ether oxygens (including phenoxy) is 5. The van der Waals surface area contributed by atoms with Crippen molar-refractivity contribution in [2.45, 2.75) is 151 Å². The number of hydrogen-bond acceptors (Lipinski definition) is 11. The van der Waals surface area contributed by atoms with Gasteiger partial charge in [-0.15, -0.1) is 0 Å². The first-order chi connectivity index (χ1) is 26.0. The Bertz CT molecular complexity index is 1500. The number of rotatable bonds is 7. The lowest BCUT2D eigenvalue weighted by Crippen LogP contribution is -2.75. The number of allylic oxidation sites excluding steroid dienone is 1. The van der Waals surface area contributed by atoms with Gasteiger partial charge in [0.2, 0.25) is 17.8 Å². The second kappa shape index (κ2) is 13.6. The number of likely N-dealkylation sites (tertiary alicyclic amines) is 1. The zero-order chi connectivity index (χ0) is 38.8. The summed E-state index contributed by atoms with van der Waals surface area (Å²) >= 11 is 0. The molecule has 2 saturated carbocycles. The van der Waals surface area contributed by atoms with E-state index < -0.39 is 77.5 Å². The van der Waals surface area contributed by atoms with Gasteiger partial charge in [0.15, 0.2) is 23.8 Å². The van der Waals surface area contributed by atoms with Crippen molar-refractivity contribution >= 4 is 0 Å².